The number of nitrogens with zero attached hydrogens (tertiary/aromatic N) is 1. The lowest BCUT2D eigenvalue weighted by atomic mass is 10.1. The number of hydrogen-bond donors (Lipinski definition) is 2. The zero-order valence-electron chi connectivity index (χ0n) is 21.1. The summed E-state index contributed by atoms with van der Waals surface area (Å²) in [7, 11) is 0. The Labute approximate surface area is 221 Å². The smallest absolute Gasteiger partial charge is 0.337 e. The average Bonchev–Trinajstić information content (AvgIpc) is 3.43. The molecule has 1 aliphatic rings. The fraction of sp³-hybridized carbons (Fsp3) is 0.226. The van der Waals surface area contributed by atoms with Gasteiger partial charge in [0.15, 0.2) is 0 Å². The lowest BCUT2D eigenvalue weighted by Crippen LogP contribution is -2.25. The van der Waals surface area contributed by atoms with Crippen LogP contribution >= 0.6 is 0 Å². The number of anilines is 1. The third-order valence-electron chi connectivity index (χ3n) is 6.61. The molecular formula is C31H30N2O5. The van der Waals surface area contributed by atoms with Gasteiger partial charge in [0.1, 0.15) is 23.9 Å². The van der Waals surface area contributed by atoms with Gasteiger partial charge in [-0.25, -0.2) is 4.79 Å². The lowest BCUT2D eigenvalue weighted by Gasteiger charge is -2.15. The number of benzene rings is 4. The van der Waals surface area contributed by atoms with Crippen LogP contribution in [0.1, 0.15) is 28.8 Å². The van der Waals surface area contributed by atoms with Crippen LogP contribution in [0, 0.1) is 0 Å². The van der Waals surface area contributed by atoms with Gasteiger partial charge < -0.3 is 19.9 Å². The SMILES string of the molecule is O=C(Cc1ccc(Oc2ccc3ccc(OCCN4CCCC4)cc3c2)cc1)Nc1ccccc1C(=O)O. The second-order valence-electron chi connectivity index (χ2n) is 9.39. The van der Waals surface area contributed by atoms with Crippen molar-refractivity contribution < 1.29 is 24.2 Å². The molecule has 1 aliphatic heterocycles. The average molecular weight is 511 g/mol. The Morgan fingerprint density at radius 3 is 2.26 bits per heavy atom. The molecular weight excluding hydrogens is 480 g/mol. The number of carboxylic acids is 1. The Kier molecular flexibility index (Phi) is 7.85. The number of para-hydroxylation sites is 1. The van der Waals surface area contributed by atoms with Crippen LogP contribution < -0.4 is 14.8 Å². The molecule has 1 saturated heterocycles. The Hall–Kier alpha value is -4.36. The molecule has 4 aromatic carbocycles. The highest BCUT2D eigenvalue weighted by molar-refractivity contribution is 6.01. The summed E-state index contributed by atoms with van der Waals surface area (Å²) >= 11 is 0. The molecule has 2 N–H and O–H groups in total. The Balaban J connectivity index is 1.18. The van der Waals surface area contributed by atoms with E-state index in [2.05, 4.69) is 16.3 Å². The fourth-order valence-corrected chi connectivity index (χ4v) is 4.62. The largest absolute Gasteiger partial charge is 0.492 e. The summed E-state index contributed by atoms with van der Waals surface area (Å²) in [6, 6.07) is 25.7. The molecule has 1 amide bonds. The standard InChI is InChI=1S/C31H30N2O5/c34-30(32-29-6-2-1-5-28(29)31(35)36)19-22-7-11-25(12-8-22)38-27-14-10-23-9-13-26(20-24(23)21-27)37-18-17-33-15-3-4-16-33/h1-2,5-14,20-21H,3-4,15-19H2,(H,32,34)(H,35,36). The fourth-order valence-electron chi connectivity index (χ4n) is 4.62. The Bertz CT molecular complexity index is 1430. The third kappa shape index (κ3) is 6.49. The van der Waals surface area contributed by atoms with E-state index in [0.29, 0.717) is 18.1 Å². The minimum Gasteiger partial charge on any atom is -0.492 e. The predicted molar refractivity (Wildman–Crippen MR) is 147 cm³/mol. The van der Waals surface area contributed by atoms with Gasteiger partial charge in [0.05, 0.1) is 17.7 Å². The summed E-state index contributed by atoms with van der Waals surface area (Å²) < 4.78 is 12.0. The number of carbonyl (C=O) groups is 2. The minimum atomic E-state index is -1.09. The molecule has 1 heterocycles. The molecule has 0 aliphatic carbocycles. The van der Waals surface area contributed by atoms with Gasteiger partial charge >= 0.3 is 5.97 Å². The normalized spacial score (nSPS) is 13.4. The summed E-state index contributed by atoms with van der Waals surface area (Å²) in [6.07, 6.45) is 2.67. The van der Waals surface area contributed by atoms with Crippen LogP contribution in [-0.2, 0) is 11.2 Å². The van der Waals surface area contributed by atoms with E-state index >= 15 is 0 Å². The monoisotopic (exact) mass is 510 g/mol. The summed E-state index contributed by atoms with van der Waals surface area (Å²) in [5.74, 6) is 0.838. The molecule has 194 valence electrons. The van der Waals surface area contributed by atoms with Crippen molar-refractivity contribution in [3.05, 3.63) is 96.1 Å². The minimum absolute atomic E-state index is 0.0562. The molecule has 7 nitrogen and oxygen atoms in total. The van der Waals surface area contributed by atoms with Crippen molar-refractivity contribution in [3.8, 4) is 17.2 Å². The highest BCUT2D eigenvalue weighted by Crippen LogP contribution is 2.28. The van der Waals surface area contributed by atoms with Gasteiger partial charge in [-0.1, -0.05) is 36.4 Å². The molecule has 1 fully saturated rings. The zero-order chi connectivity index (χ0) is 26.3. The number of carbonyl (C=O) groups excluding carboxylic acids is 1. The number of likely N-dealkylation sites (tertiary alicyclic amines) is 1. The van der Waals surface area contributed by atoms with E-state index in [1.807, 2.05) is 54.6 Å². The molecule has 5 rings (SSSR count). The number of amides is 1. The van der Waals surface area contributed by atoms with Crippen molar-refractivity contribution in [2.45, 2.75) is 19.3 Å². The summed E-state index contributed by atoms with van der Waals surface area (Å²) in [5.41, 5.74) is 1.12. The molecule has 0 atom stereocenters. The van der Waals surface area contributed by atoms with Crippen molar-refractivity contribution in [3.63, 3.8) is 0 Å². The second-order valence-corrected chi connectivity index (χ2v) is 9.39. The topological polar surface area (TPSA) is 88.1 Å². The van der Waals surface area contributed by atoms with E-state index in [4.69, 9.17) is 9.47 Å². The van der Waals surface area contributed by atoms with Crippen molar-refractivity contribution >= 4 is 28.3 Å². The van der Waals surface area contributed by atoms with Crippen LogP contribution in [0.2, 0.25) is 0 Å². The number of fused-ring (bicyclic) bond motifs is 1. The van der Waals surface area contributed by atoms with Crippen LogP contribution in [0.25, 0.3) is 10.8 Å². The van der Waals surface area contributed by atoms with Gasteiger partial charge in [0.2, 0.25) is 5.91 Å². The van der Waals surface area contributed by atoms with E-state index in [1.54, 1.807) is 18.2 Å². The molecule has 38 heavy (non-hydrogen) atoms. The van der Waals surface area contributed by atoms with Crippen LogP contribution in [0.4, 0.5) is 5.69 Å². The van der Waals surface area contributed by atoms with Crippen LogP contribution in [0.5, 0.6) is 17.2 Å². The summed E-state index contributed by atoms with van der Waals surface area (Å²) in [4.78, 5) is 26.3. The molecule has 7 heteroatoms. The molecule has 0 saturated carbocycles. The maximum atomic E-state index is 12.5. The first-order valence-electron chi connectivity index (χ1n) is 12.8. The Morgan fingerprint density at radius 2 is 1.50 bits per heavy atom. The lowest BCUT2D eigenvalue weighted by molar-refractivity contribution is -0.115. The van der Waals surface area contributed by atoms with Crippen LogP contribution in [-0.4, -0.2) is 48.1 Å². The van der Waals surface area contributed by atoms with E-state index in [9.17, 15) is 14.7 Å². The van der Waals surface area contributed by atoms with Crippen molar-refractivity contribution in [1.29, 1.82) is 0 Å². The number of nitrogens with one attached hydrogen (secondary N) is 1. The molecule has 0 radical (unpaired) electrons. The maximum Gasteiger partial charge on any atom is 0.337 e. The first-order valence-corrected chi connectivity index (χ1v) is 12.8. The predicted octanol–water partition coefficient (Wildman–Crippen LogP) is 5.99. The van der Waals surface area contributed by atoms with E-state index in [0.717, 1.165) is 41.7 Å². The first-order chi connectivity index (χ1) is 18.5. The molecule has 0 bridgehead atoms. The molecule has 4 aromatic rings. The summed E-state index contributed by atoms with van der Waals surface area (Å²) in [6.45, 7) is 3.96. The number of aromatic carboxylic acids is 1. The number of carboxylic acid groups (broad SMARTS) is 1. The van der Waals surface area contributed by atoms with Crippen LogP contribution in [0.15, 0.2) is 84.9 Å². The van der Waals surface area contributed by atoms with Gasteiger partial charge in [-0.15, -0.1) is 0 Å². The number of ether oxygens (including phenoxy) is 2. The van der Waals surface area contributed by atoms with Gasteiger partial charge in [-0.05, 0) is 90.8 Å². The van der Waals surface area contributed by atoms with E-state index in [1.165, 1.54) is 18.9 Å². The van der Waals surface area contributed by atoms with Crippen molar-refractivity contribution in [1.82, 2.24) is 4.90 Å². The van der Waals surface area contributed by atoms with E-state index in [-0.39, 0.29) is 23.6 Å². The van der Waals surface area contributed by atoms with Crippen molar-refractivity contribution in [2.75, 3.05) is 31.6 Å². The molecule has 0 aromatic heterocycles. The Morgan fingerprint density at radius 1 is 0.816 bits per heavy atom. The second kappa shape index (κ2) is 11.8. The highest BCUT2D eigenvalue weighted by atomic mass is 16.5. The zero-order valence-corrected chi connectivity index (χ0v) is 21.1. The molecule has 0 unspecified atom stereocenters. The number of hydrogen-bond acceptors (Lipinski definition) is 5. The quantitative estimate of drug-likeness (QED) is 0.273. The highest BCUT2D eigenvalue weighted by Gasteiger charge is 2.13. The van der Waals surface area contributed by atoms with Crippen molar-refractivity contribution in [2.24, 2.45) is 0 Å². The summed E-state index contributed by atoms with van der Waals surface area (Å²) in [5, 5.41) is 14.1. The van der Waals surface area contributed by atoms with Gasteiger partial charge in [-0.3, -0.25) is 9.69 Å². The van der Waals surface area contributed by atoms with Crippen LogP contribution in [0.3, 0.4) is 0 Å². The van der Waals surface area contributed by atoms with Gasteiger partial charge in [-0.2, -0.15) is 0 Å². The first kappa shape index (κ1) is 25.3. The van der Waals surface area contributed by atoms with Gasteiger partial charge in [0, 0.05) is 6.54 Å². The van der Waals surface area contributed by atoms with E-state index < -0.39 is 5.97 Å². The maximum absolute atomic E-state index is 12.5. The number of rotatable bonds is 10. The van der Waals surface area contributed by atoms with Gasteiger partial charge in [0.25, 0.3) is 0 Å². The third-order valence-corrected chi connectivity index (χ3v) is 6.61. The molecule has 0 spiro atoms.